The number of nitrogens with one attached hydrogen (secondary N) is 2. The fourth-order valence-corrected chi connectivity index (χ4v) is 1.27. The number of hydrogen-bond donors (Lipinski definition) is 2. The van der Waals surface area contributed by atoms with Crippen molar-refractivity contribution < 1.29 is 32.3 Å². The lowest BCUT2D eigenvalue weighted by atomic mass is 10.3. The van der Waals surface area contributed by atoms with E-state index < -0.39 is 42.2 Å². The molecule has 2 N–H and O–H groups in total. The van der Waals surface area contributed by atoms with E-state index >= 15 is 0 Å². The van der Waals surface area contributed by atoms with Gasteiger partial charge in [0.2, 0.25) is 0 Å². The van der Waals surface area contributed by atoms with Crippen LogP contribution in [0, 0.1) is 0 Å². The predicted octanol–water partition coefficient (Wildman–Crippen LogP) is -0.347. The van der Waals surface area contributed by atoms with Gasteiger partial charge in [0.1, 0.15) is 12.1 Å². The summed E-state index contributed by atoms with van der Waals surface area (Å²) in [6, 6.07) is 0. The topological polar surface area (TPSA) is 84.5 Å². The minimum absolute atomic E-state index is 0.285. The van der Waals surface area contributed by atoms with Crippen LogP contribution in [-0.2, 0) is 19.1 Å². The molecule has 0 aromatic carbocycles. The Kier molecular flexibility index (Phi) is 4.52. The Labute approximate surface area is 106 Å². The second-order valence-corrected chi connectivity index (χ2v) is 3.72. The summed E-state index contributed by atoms with van der Waals surface area (Å²) in [5.74, 6) is -2.98. The molecule has 2 amide bonds. The fraction of sp³-hybridized carbons (Fsp3) is 0.500. The molecule has 1 rings (SSSR count). The zero-order valence-electron chi connectivity index (χ0n) is 9.67. The molecule has 1 saturated heterocycles. The summed E-state index contributed by atoms with van der Waals surface area (Å²) in [5, 5.41) is 4.12. The number of carbonyl (C=O) groups excluding carboxylic acids is 3. The first-order valence-electron chi connectivity index (χ1n) is 5.23. The highest BCUT2D eigenvalue weighted by Gasteiger charge is 2.37. The summed E-state index contributed by atoms with van der Waals surface area (Å²) in [4.78, 5) is 33.2. The van der Waals surface area contributed by atoms with Crippen LogP contribution in [0.25, 0.3) is 0 Å². The molecule has 1 aliphatic heterocycles. The second kappa shape index (κ2) is 5.72. The van der Waals surface area contributed by atoms with E-state index in [2.05, 4.69) is 16.6 Å². The van der Waals surface area contributed by atoms with Crippen molar-refractivity contribution in [1.82, 2.24) is 10.6 Å². The van der Waals surface area contributed by atoms with Crippen molar-refractivity contribution in [3.8, 4) is 0 Å². The number of amides is 2. The molecule has 19 heavy (non-hydrogen) atoms. The smallest absolute Gasteiger partial charge is 0.421 e. The monoisotopic (exact) mass is 280 g/mol. The third kappa shape index (κ3) is 4.27. The molecule has 1 unspecified atom stereocenters. The Morgan fingerprint density at radius 2 is 2.11 bits per heavy atom. The Balaban J connectivity index is 2.36. The maximum atomic E-state index is 12.1. The number of alkyl halides is 3. The van der Waals surface area contributed by atoms with E-state index in [1.54, 1.807) is 5.32 Å². The number of rotatable bonds is 4. The van der Waals surface area contributed by atoms with Crippen LogP contribution in [0.2, 0.25) is 0 Å². The van der Waals surface area contributed by atoms with Gasteiger partial charge in [0.15, 0.2) is 6.10 Å². The van der Waals surface area contributed by atoms with Crippen molar-refractivity contribution in [3.05, 3.63) is 12.2 Å². The zero-order chi connectivity index (χ0) is 14.6. The highest BCUT2D eigenvalue weighted by molar-refractivity contribution is 5.96. The number of hydrogen-bond acceptors (Lipinski definition) is 4. The van der Waals surface area contributed by atoms with Crippen LogP contribution in [0.3, 0.4) is 0 Å². The lowest BCUT2D eigenvalue weighted by Crippen LogP contribution is -2.37. The van der Waals surface area contributed by atoms with Gasteiger partial charge in [-0.2, -0.15) is 13.2 Å². The summed E-state index contributed by atoms with van der Waals surface area (Å²) < 4.78 is 40.9. The number of carbonyl (C=O) groups is 3. The number of esters is 1. The van der Waals surface area contributed by atoms with Crippen LogP contribution in [0.15, 0.2) is 12.2 Å². The summed E-state index contributed by atoms with van der Waals surface area (Å²) >= 11 is 0. The molecule has 1 heterocycles. The van der Waals surface area contributed by atoms with Crippen molar-refractivity contribution in [1.29, 1.82) is 0 Å². The SMILES string of the molecule is C=C(C(=O)NCC(=O)OC1CCNC1=O)C(F)(F)F. The first kappa shape index (κ1) is 15.0. The minimum atomic E-state index is -4.86. The van der Waals surface area contributed by atoms with E-state index in [1.165, 1.54) is 0 Å². The van der Waals surface area contributed by atoms with Crippen molar-refractivity contribution >= 4 is 17.8 Å². The van der Waals surface area contributed by atoms with E-state index in [0.717, 1.165) is 0 Å². The normalized spacial score (nSPS) is 18.7. The average Bonchev–Trinajstić information content (AvgIpc) is 2.70. The van der Waals surface area contributed by atoms with E-state index in [9.17, 15) is 27.6 Å². The summed E-state index contributed by atoms with van der Waals surface area (Å²) in [6.45, 7) is 2.15. The molecule has 6 nitrogen and oxygen atoms in total. The summed E-state index contributed by atoms with van der Waals surface area (Å²) in [7, 11) is 0. The van der Waals surface area contributed by atoms with Crippen molar-refractivity contribution in [2.45, 2.75) is 18.7 Å². The number of halogens is 3. The highest BCUT2D eigenvalue weighted by atomic mass is 19.4. The molecule has 0 spiro atoms. The molecule has 0 aliphatic carbocycles. The molecule has 106 valence electrons. The van der Waals surface area contributed by atoms with Gasteiger partial charge in [-0.25, -0.2) is 0 Å². The van der Waals surface area contributed by atoms with Gasteiger partial charge in [-0.05, 0) is 0 Å². The lowest BCUT2D eigenvalue weighted by Gasteiger charge is -2.12. The van der Waals surface area contributed by atoms with Crippen molar-refractivity contribution in [2.24, 2.45) is 0 Å². The molecular weight excluding hydrogens is 269 g/mol. The predicted molar refractivity (Wildman–Crippen MR) is 55.7 cm³/mol. The Morgan fingerprint density at radius 3 is 2.58 bits per heavy atom. The van der Waals surface area contributed by atoms with Gasteiger partial charge >= 0.3 is 12.1 Å². The standard InChI is InChI=1S/C10H11F3N2O4/c1-5(10(11,12)13)8(17)15-4-7(16)19-6-2-3-14-9(6)18/h6H,1-4H2,(H,14,18)(H,15,17). The molecule has 0 radical (unpaired) electrons. The van der Waals surface area contributed by atoms with Gasteiger partial charge in [0, 0.05) is 13.0 Å². The molecule has 0 aromatic heterocycles. The maximum Gasteiger partial charge on any atom is 0.421 e. The molecule has 0 saturated carbocycles. The molecule has 9 heteroatoms. The quantitative estimate of drug-likeness (QED) is 0.544. The third-order valence-corrected chi connectivity index (χ3v) is 2.28. The van der Waals surface area contributed by atoms with Crippen molar-refractivity contribution in [3.63, 3.8) is 0 Å². The second-order valence-electron chi connectivity index (χ2n) is 3.72. The molecule has 0 aromatic rings. The maximum absolute atomic E-state index is 12.1. The van der Waals surface area contributed by atoms with Crippen molar-refractivity contribution in [2.75, 3.05) is 13.1 Å². The van der Waals surface area contributed by atoms with Gasteiger partial charge in [-0.3, -0.25) is 14.4 Å². The van der Waals surface area contributed by atoms with Gasteiger partial charge in [-0.15, -0.1) is 0 Å². The fourth-order valence-electron chi connectivity index (χ4n) is 1.27. The van der Waals surface area contributed by atoms with Crippen LogP contribution >= 0.6 is 0 Å². The average molecular weight is 280 g/mol. The van der Waals surface area contributed by atoms with E-state index in [-0.39, 0.29) is 6.42 Å². The Bertz CT molecular complexity index is 419. The van der Waals surface area contributed by atoms with Gasteiger partial charge in [0.05, 0.1) is 0 Å². The number of ether oxygens (including phenoxy) is 1. The Hall–Kier alpha value is -2.06. The molecule has 1 aliphatic rings. The molecular formula is C10H11F3N2O4. The van der Waals surface area contributed by atoms with Crippen LogP contribution < -0.4 is 10.6 Å². The molecule has 1 atom stereocenters. The van der Waals surface area contributed by atoms with Crippen LogP contribution in [0.1, 0.15) is 6.42 Å². The first-order chi connectivity index (χ1) is 8.71. The van der Waals surface area contributed by atoms with E-state index in [1.807, 2.05) is 0 Å². The largest absolute Gasteiger partial charge is 0.451 e. The minimum Gasteiger partial charge on any atom is -0.451 e. The van der Waals surface area contributed by atoms with E-state index in [4.69, 9.17) is 0 Å². The van der Waals surface area contributed by atoms with Gasteiger partial charge in [0.25, 0.3) is 11.8 Å². The summed E-state index contributed by atoms with van der Waals surface area (Å²) in [6.07, 6.45) is -5.54. The van der Waals surface area contributed by atoms with Crippen LogP contribution in [0.4, 0.5) is 13.2 Å². The summed E-state index contributed by atoms with van der Waals surface area (Å²) in [5.41, 5.74) is -1.61. The molecule has 1 fully saturated rings. The van der Waals surface area contributed by atoms with Crippen LogP contribution in [-0.4, -0.2) is 43.2 Å². The van der Waals surface area contributed by atoms with Gasteiger partial charge < -0.3 is 15.4 Å². The lowest BCUT2D eigenvalue weighted by molar-refractivity contribution is -0.153. The van der Waals surface area contributed by atoms with E-state index in [0.29, 0.717) is 6.54 Å². The Morgan fingerprint density at radius 1 is 1.47 bits per heavy atom. The molecule has 0 bridgehead atoms. The zero-order valence-corrected chi connectivity index (χ0v) is 9.67. The third-order valence-electron chi connectivity index (χ3n) is 2.28. The van der Waals surface area contributed by atoms with Gasteiger partial charge in [-0.1, -0.05) is 6.58 Å². The highest BCUT2D eigenvalue weighted by Crippen LogP contribution is 2.23. The first-order valence-corrected chi connectivity index (χ1v) is 5.23. The van der Waals surface area contributed by atoms with Crippen LogP contribution in [0.5, 0.6) is 0 Å².